The van der Waals surface area contributed by atoms with Crippen LogP contribution in [0.1, 0.15) is 24.4 Å². The number of benzene rings is 1. The molecule has 1 fully saturated rings. The zero-order valence-electron chi connectivity index (χ0n) is 9.33. The molecule has 3 nitrogen and oxygen atoms in total. The Bertz CT molecular complexity index is 408. The maximum Gasteiger partial charge on any atom is 0.166 e. The first-order chi connectivity index (χ1) is 8.09. The van der Waals surface area contributed by atoms with Gasteiger partial charge in [0.25, 0.3) is 0 Å². The van der Waals surface area contributed by atoms with E-state index >= 15 is 0 Å². The second-order valence-electron chi connectivity index (χ2n) is 4.30. The fraction of sp³-hybridized carbons (Fsp3) is 0.500. The third-order valence-electron chi connectivity index (χ3n) is 3.19. The second-order valence-corrected chi connectivity index (χ2v) is 5.22. The molecule has 0 spiro atoms. The van der Waals surface area contributed by atoms with Gasteiger partial charge in [-0.3, -0.25) is 0 Å². The molecule has 1 aromatic rings. The first kappa shape index (κ1) is 12.8. The van der Waals surface area contributed by atoms with Crippen LogP contribution < -0.4 is 5.73 Å². The van der Waals surface area contributed by atoms with Crippen LogP contribution in [0.15, 0.2) is 16.6 Å². The Balaban J connectivity index is 2.26. The van der Waals surface area contributed by atoms with Crippen LogP contribution in [0.25, 0.3) is 0 Å². The molecule has 5 heteroatoms. The lowest BCUT2D eigenvalue weighted by Crippen LogP contribution is -2.27. The highest BCUT2D eigenvalue weighted by Crippen LogP contribution is 2.36. The van der Waals surface area contributed by atoms with Gasteiger partial charge < -0.3 is 15.6 Å². The van der Waals surface area contributed by atoms with Crippen molar-refractivity contribution in [2.75, 3.05) is 13.2 Å². The number of ether oxygens (including phenoxy) is 1. The maximum absolute atomic E-state index is 13.4. The quantitative estimate of drug-likeness (QED) is 0.883. The minimum atomic E-state index is -0.642. The Hall–Kier alpha value is -0.650. The van der Waals surface area contributed by atoms with Crippen LogP contribution in [0, 0.1) is 11.7 Å². The zero-order valence-corrected chi connectivity index (χ0v) is 10.9. The van der Waals surface area contributed by atoms with E-state index in [0.29, 0.717) is 23.2 Å². The maximum atomic E-state index is 13.4. The van der Waals surface area contributed by atoms with Crippen molar-refractivity contribution in [3.05, 3.63) is 28.0 Å². The van der Waals surface area contributed by atoms with E-state index in [0.717, 1.165) is 12.8 Å². The molecule has 2 rings (SSSR count). The molecule has 1 atom stereocenters. The molecule has 3 N–H and O–H groups in total. The normalized spacial score (nSPS) is 19.2. The molecule has 0 aliphatic carbocycles. The fourth-order valence-electron chi connectivity index (χ4n) is 2.17. The van der Waals surface area contributed by atoms with Gasteiger partial charge in [0.05, 0.1) is 0 Å². The van der Waals surface area contributed by atoms with Gasteiger partial charge in [-0.15, -0.1) is 0 Å². The summed E-state index contributed by atoms with van der Waals surface area (Å²) in [6, 6.07) is 2.56. The lowest BCUT2D eigenvalue weighted by molar-refractivity contribution is 0.0580. The van der Waals surface area contributed by atoms with Crippen LogP contribution >= 0.6 is 15.9 Å². The molecule has 1 aliphatic heterocycles. The minimum absolute atomic E-state index is 0.225. The van der Waals surface area contributed by atoms with Gasteiger partial charge in [0.1, 0.15) is 0 Å². The van der Waals surface area contributed by atoms with Crippen molar-refractivity contribution in [3.63, 3.8) is 0 Å². The lowest BCUT2D eigenvalue weighted by Gasteiger charge is -2.28. The third kappa shape index (κ3) is 2.78. The largest absolute Gasteiger partial charge is 0.505 e. The van der Waals surface area contributed by atoms with Crippen molar-refractivity contribution in [1.29, 1.82) is 0 Å². The molecule has 0 unspecified atom stereocenters. The van der Waals surface area contributed by atoms with E-state index in [1.165, 1.54) is 6.07 Å². The topological polar surface area (TPSA) is 55.5 Å². The minimum Gasteiger partial charge on any atom is -0.505 e. The van der Waals surface area contributed by atoms with Gasteiger partial charge in [-0.05, 0) is 30.9 Å². The first-order valence-corrected chi connectivity index (χ1v) is 6.40. The Morgan fingerprint density at radius 2 is 2.06 bits per heavy atom. The third-order valence-corrected chi connectivity index (χ3v) is 3.65. The van der Waals surface area contributed by atoms with E-state index in [-0.39, 0.29) is 17.7 Å². The van der Waals surface area contributed by atoms with Crippen molar-refractivity contribution >= 4 is 15.9 Å². The molecule has 94 valence electrons. The van der Waals surface area contributed by atoms with Gasteiger partial charge >= 0.3 is 0 Å². The average Bonchev–Trinajstić information content (AvgIpc) is 2.34. The van der Waals surface area contributed by atoms with Gasteiger partial charge in [-0.2, -0.15) is 0 Å². The smallest absolute Gasteiger partial charge is 0.166 e. The highest BCUT2D eigenvalue weighted by atomic mass is 79.9. The second kappa shape index (κ2) is 5.33. The van der Waals surface area contributed by atoms with E-state index < -0.39 is 5.82 Å². The van der Waals surface area contributed by atoms with Crippen LogP contribution in [0.3, 0.4) is 0 Å². The molecular weight excluding hydrogens is 289 g/mol. The summed E-state index contributed by atoms with van der Waals surface area (Å²) in [5, 5.41) is 9.72. The Kier molecular flexibility index (Phi) is 4.01. The summed E-state index contributed by atoms with van der Waals surface area (Å²) < 4.78 is 19.3. The molecule has 0 radical (unpaired) electrons. The number of halogens is 2. The molecule has 17 heavy (non-hydrogen) atoms. The summed E-state index contributed by atoms with van der Waals surface area (Å²) in [5.74, 6) is -0.757. The van der Waals surface area contributed by atoms with Gasteiger partial charge in [-0.1, -0.05) is 15.9 Å². The Morgan fingerprint density at radius 1 is 1.41 bits per heavy atom. The van der Waals surface area contributed by atoms with E-state index in [1.807, 2.05) is 0 Å². The highest BCUT2D eigenvalue weighted by Gasteiger charge is 2.25. The van der Waals surface area contributed by atoms with Crippen molar-refractivity contribution in [1.82, 2.24) is 0 Å². The van der Waals surface area contributed by atoms with Crippen LogP contribution in [-0.4, -0.2) is 18.3 Å². The van der Waals surface area contributed by atoms with E-state index in [1.54, 1.807) is 6.07 Å². The van der Waals surface area contributed by atoms with Crippen molar-refractivity contribution in [2.24, 2.45) is 11.7 Å². The number of rotatable bonds is 2. The fourth-order valence-corrected chi connectivity index (χ4v) is 2.62. The Morgan fingerprint density at radius 3 is 2.71 bits per heavy atom. The molecule has 1 heterocycles. The summed E-state index contributed by atoms with van der Waals surface area (Å²) >= 11 is 3.21. The van der Waals surface area contributed by atoms with E-state index in [2.05, 4.69) is 15.9 Å². The molecule has 0 bridgehead atoms. The molecule has 0 aromatic heterocycles. The molecule has 0 amide bonds. The molecule has 1 saturated heterocycles. The molecular formula is C12H15BrFNO2. The molecule has 1 aromatic carbocycles. The van der Waals surface area contributed by atoms with Crippen molar-refractivity contribution in [3.8, 4) is 5.75 Å². The summed E-state index contributed by atoms with van der Waals surface area (Å²) in [5.41, 5.74) is 6.57. The van der Waals surface area contributed by atoms with Gasteiger partial charge in [-0.25, -0.2) is 4.39 Å². The molecule has 0 saturated carbocycles. The SMILES string of the molecule is N[C@H](c1cc(Br)cc(F)c1O)C1CCOCC1. The lowest BCUT2D eigenvalue weighted by atomic mass is 9.87. The summed E-state index contributed by atoms with van der Waals surface area (Å²) in [4.78, 5) is 0. The van der Waals surface area contributed by atoms with Gasteiger partial charge in [0.15, 0.2) is 11.6 Å². The van der Waals surface area contributed by atoms with Crippen LogP contribution in [0.2, 0.25) is 0 Å². The number of aromatic hydroxyl groups is 1. The molecule has 1 aliphatic rings. The summed E-state index contributed by atoms with van der Waals surface area (Å²) in [7, 11) is 0. The summed E-state index contributed by atoms with van der Waals surface area (Å²) in [6.45, 7) is 1.35. The highest BCUT2D eigenvalue weighted by molar-refractivity contribution is 9.10. The van der Waals surface area contributed by atoms with E-state index in [4.69, 9.17) is 10.5 Å². The average molecular weight is 304 g/mol. The summed E-state index contributed by atoms with van der Waals surface area (Å²) in [6.07, 6.45) is 1.68. The van der Waals surface area contributed by atoms with Crippen molar-refractivity contribution in [2.45, 2.75) is 18.9 Å². The predicted molar refractivity (Wildman–Crippen MR) is 66.2 cm³/mol. The van der Waals surface area contributed by atoms with Gasteiger partial charge in [0.2, 0.25) is 0 Å². The predicted octanol–water partition coefficient (Wildman–Crippen LogP) is 2.72. The van der Waals surface area contributed by atoms with E-state index in [9.17, 15) is 9.50 Å². The van der Waals surface area contributed by atoms with Gasteiger partial charge in [0, 0.05) is 29.3 Å². The Labute approximate surface area is 108 Å². The zero-order chi connectivity index (χ0) is 12.4. The number of hydrogen-bond donors (Lipinski definition) is 2. The standard InChI is InChI=1S/C12H15BrFNO2/c13-8-5-9(12(16)10(14)6-8)11(15)7-1-3-17-4-2-7/h5-7,11,16H,1-4,15H2/t11-/m0/s1. The number of phenolic OH excluding ortho intramolecular Hbond substituents is 1. The monoisotopic (exact) mass is 303 g/mol. The van der Waals surface area contributed by atoms with Crippen molar-refractivity contribution < 1.29 is 14.2 Å². The number of hydrogen-bond acceptors (Lipinski definition) is 3. The van der Waals surface area contributed by atoms with Crippen LogP contribution in [-0.2, 0) is 4.74 Å². The number of nitrogens with two attached hydrogens (primary N) is 1. The van der Waals surface area contributed by atoms with Crippen LogP contribution in [0.5, 0.6) is 5.75 Å². The number of phenols is 1. The first-order valence-electron chi connectivity index (χ1n) is 5.61. The van der Waals surface area contributed by atoms with Crippen LogP contribution in [0.4, 0.5) is 4.39 Å².